The molecule has 0 amide bonds. The molecule has 0 unspecified atom stereocenters. The SMILES string of the molecule is C=CCOC(=O)C1=C(C)NC2=C(C(=O)CC(C)(C)C2)[C@@H]1c1ccccc1OCCC. The van der Waals surface area contributed by atoms with E-state index >= 15 is 0 Å². The van der Waals surface area contributed by atoms with E-state index in [1.165, 1.54) is 6.08 Å². The van der Waals surface area contributed by atoms with Crippen LogP contribution in [0.2, 0.25) is 0 Å². The van der Waals surface area contributed by atoms with Crippen LogP contribution >= 0.6 is 0 Å². The van der Waals surface area contributed by atoms with E-state index in [1.807, 2.05) is 38.1 Å². The van der Waals surface area contributed by atoms with Crippen molar-refractivity contribution in [1.82, 2.24) is 5.32 Å². The van der Waals surface area contributed by atoms with Gasteiger partial charge in [0, 0.05) is 29.0 Å². The molecule has 0 aromatic heterocycles. The van der Waals surface area contributed by atoms with Gasteiger partial charge in [0.15, 0.2) is 5.78 Å². The van der Waals surface area contributed by atoms with Crippen LogP contribution in [-0.4, -0.2) is 25.0 Å². The Bertz CT molecular complexity index is 923. The Balaban J connectivity index is 2.17. The van der Waals surface area contributed by atoms with Crippen molar-refractivity contribution in [3.05, 3.63) is 65.0 Å². The fraction of sp³-hybridized carbons (Fsp3) is 0.440. The number of carbonyl (C=O) groups excluding carboxylic acids is 2. The largest absolute Gasteiger partial charge is 0.493 e. The van der Waals surface area contributed by atoms with Gasteiger partial charge in [-0.2, -0.15) is 0 Å². The second-order valence-electron chi connectivity index (χ2n) is 8.70. The number of hydrogen-bond acceptors (Lipinski definition) is 5. The zero-order valence-electron chi connectivity index (χ0n) is 18.3. The molecule has 0 saturated heterocycles. The van der Waals surface area contributed by atoms with E-state index in [-0.39, 0.29) is 17.8 Å². The van der Waals surface area contributed by atoms with Crippen molar-refractivity contribution < 1.29 is 19.1 Å². The molecule has 0 bridgehead atoms. The minimum absolute atomic E-state index is 0.0607. The van der Waals surface area contributed by atoms with E-state index in [4.69, 9.17) is 9.47 Å². The lowest BCUT2D eigenvalue weighted by molar-refractivity contribution is -0.138. The highest BCUT2D eigenvalue weighted by Crippen LogP contribution is 2.48. The standard InChI is InChI=1S/C25H31NO4/c1-6-12-29-20-11-9-8-10-17(20)22-21(24(28)30-13-7-2)16(3)26-18-14-25(4,5)15-19(27)23(18)22/h7-11,22,26H,2,6,12-15H2,1,3-5H3/t22-/m1/s1. The van der Waals surface area contributed by atoms with Crippen molar-refractivity contribution in [3.8, 4) is 5.75 Å². The molecule has 30 heavy (non-hydrogen) atoms. The zero-order chi connectivity index (χ0) is 21.9. The van der Waals surface area contributed by atoms with E-state index in [0.717, 1.165) is 24.1 Å². The predicted molar refractivity (Wildman–Crippen MR) is 117 cm³/mol. The van der Waals surface area contributed by atoms with Crippen molar-refractivity contribution in [1.29, 1.82) is 0 Å². The molecule has 1 aliphatic heterocycles. The maximum Gasteiger partial charge on any atom is 0.337 e. The molecule has 1 N–H and O–H groups in total. The van der Waals surface area contributed by atoms with Gasteiger partial charge in [0.2, 0.25) is 0 Å². The Morgan fingerprint density at radius 2 is 2.03 bits per heavy atom. The van der Waals surface area contributed by atoms with Crippen molar-refractivity contribution in [2.45, 2.75) is 52.9 Å². The van der Waals surface area contributed by atoms with Crippen LogP contribution in [0.3, 0.4) is 0 Å². The van der Waals surface area contributed by atoms with Crippen molar-refractivity contribution >= 4 is 11.8 Å². The zero-order valence-corrected chi connectivity index (χ0v) is 18.3. The Morgan fingerprint density at radius 3 is 2.73 bits per heavy atom. The molecule has 0 saturated carbocycles. The number of ether oxygens (including phenoxy) is 2. The summed E-state index contributed by atoms with van der Waals surface area (Å²) in [6.07, 6.45) is 3.59. The third kappa shape index (κ3) is 4.35. The van der Waals surface area contributed by atoms with Crippen molar-refractivity contribution in [3.63, 3.8) is 0 Å². The number of para-hydroxylation sites is 1. The summed E-state index contributed by atoms with van der Waals surface area (Å²) in [5.41, 5.74) is 3.40. The van der Waals surface area contributed by atoms with Gasteiger partial charge >= 0.3 is 5.97 Å². The van der Waals surface area contributed by atoms with Gasteiger partial charge in [-0.3, -0.25) is 4.79 Å². The number of dihydropyridines is 1. The van der Waals surface area contributed by atoms with Crippen LogP contribution in [0.1, 0.15) is 58.4 Å². The molecule has 5 nitrogen and oxygen atoms in total. The quantitative estimate of drug-likeness (QED) is 0.517. The summed E-state index contributed by atoms with van der Waals surface area (Å²) in [5.74, 6) is -0.210. The van der Waals surface area contributed by atoms with Gasteiger partial charge in [-0.25, -0.2) is 4.79 Å². The van der Waals surface area contributed by atoms with E-state index in [1.54, 1.807) is 0 Å². The number of hydrogen-bond donors (Lipinski definition) is 1. The van der Waals surface area contributed by atoms with Gasteiger partial charge < -0.3 is 14.8 Å². The number of allylic oxidation sites excluding steroid dienone is 3. The van der Waals surface area contributed by atoms with Gasteiger partial charge in [-0.1, -0.05) is 51.6 Å². The maximum absolute atomic E-state index is 13.3. The van der Waals surface area contributed by atoms with Crippen LogP contribution < -0.4 is 10.1 Å². The lowest BCUT2D eigenvalue weighted by Gasteiger charge is -2.39. The summed E-state index contributed by atoms with van der Waals surface area (Å²) in [6, 6.07) is 7.65. The van der Waals surface area contributed by atoms with Gasteiger partial charge in [0.05, 0.1) is 18.1 Å². The summed E-state index contributed by atoms with van der Waals surface area (Å²) in [4.78, 5) is 26.4. The van der Waals surface area contributed by atoms with Crippen molar-refractivity contribution in [2.24, 2.45) is 5.41 Å². The molecule has 0 spiro atoms. The van der Waals surface area contributed by atoms with Gasteiger partial charge in [-0.05, 0) is 31.2 Å². The molecule has 1 aliphatic carbocycles. The van der Waals surface area contributed by atoms with Crippen LogP contribution in [-0.2, 0) is 14.3 Å². The summed E-state index contributed by atoms with van der Waals surface area (Å²) in [5, 5.41) is 3.35. The monoisotopic (exact) mass is 409 g/mol. The molecule has 5 heteroatoms. The summed E-state index contributed by atoms with van der Waals surface area (Å²) < 4.78 is 11.4. The van der Waals surface area contributed by atoms with Crippen LogP contribution in [0.15, 0.2) is 59.5 Å². The highest BCUT2D eigenvalue weighted by atomic mass is 16.5. The highest BCUT2D eigenvalue weighted by molar-refractivity contribution is 6.04. The molecule has 2 aliphatic rings. The van der Waals surface area contributed by atoms with Crippen LogP contribution in [0.5, 0.6) is 5.75 Å². The molecule has 1 aromatic rings. The topological polar surface area (TPSA) is 64.6 Å². The van der Waals surface area contributed by atoms with Crippen LogP contribution in [0.25, 0.3) is 0 Å². The molecule has 1 heterocycles. The van der Waals surface area contributed by atoms with Crippen LogP contribution in [0.4, 0.5) is 0 Å². The first-order valence-electron chi connectivity index (χ1n) is 10.5. The first kappa shape index (κ1) is 21.9. The van der Waals surface area contributed by atoms with E-state index in [9.17, 15) is 9.59 Å². The molecular formula is C25H31NO4. The molecule has 0 fully saturated rings. The molecule has 1 atom stereocenters. The third-order valence-electron chi connectivity index (χ3n) is 5.48. The van der Waals surface area contributed by atoms with Gasteiger partial charge in [-0.15, -0.1) is 0 Å². The second kappa shape index (κ2) is 8.90. The first-order chi connectivity index (χ1) is 14.3. The van der Waals surface area contributed by atoms with Crippen molar-refractivity contribution in [2.75, 3.05) is 13.2 Å². The fourth-order valence-corrected chi connectivity index (χ4v) is 4.29. The number of nitrogens with one attached hydrogen (secondary N) is 1. The maximum atomic E-state index is 13.3. The summed E-state index contributed by atoms with van der Waals surface area (Å²) >= 11 is 0. The Labute approximate surface area is 178 Å². The number of ketones is 1. The van der Waals surface area contributed by atoms with Gasteiger partial charge in [0.1, 0.15) is 12.4 Å². The average molecular weight is 410 g/mol. The minimum atomic E-state index is -0.518. The highest BCUT2D eigenvalue weighted by Gasteiger charge is 2.43. The second-order valence-corrected chi connectivity index (χ2v) is 8.70. The lowest BCUT2D eigenvalue weighted by Crippen LogP contribution is -2.38. The lowest BCUT2D eigenvalue weighted by atomic mass is 9.68. The average Bonchev–Trinajstić information content (AvgIpc) is 2.68. The molecule has 3 rings (SSSR count). The Hall–Kier alpha value is -2.82. The Kier molecular flexibility index (Phi) is 6.49. The third-order valence-corrected chi connectivity index (χ3v) is 5.48. The molecule has 0 radical (unpaired) electrons. The fourth-order valence-electron chi connectivity index (χ4n) is 4.29. The number of esters is 1. The number of carbonyl (C=O) groups is 2. The smallest absolute Gasteiger partial charge is 0.337 e. The number of Topliss-reactive ketones (excluding diaryl/α,β-unsaturated/α-hetero) is 1. The number of rotatable bonds is 7. The normalized spacial score (nSPS) is 20.4. The summed E-state index contributed by atoms with van der Waals surface area (Å²) in [7, 11) is 0. The molecule has 160 valence electrons. The van der Waals surface area contributed by atoms with E-state index in [0.29, 0.717) is 35.6 Å². The summed E-state index contributed by atoms with van der Waals surface area (Å²) in [6.45, 7) is 12.4. The van der Waals surface area contributed by atoms with E-state index in [2.05, 4.69) is 25.7 Å². The molecular weight excluding hydrogens is 378 g/mol. The van der Waals surface area contributed by atoms with Crippen LogP contribution in [0, 0.1) is 5.41 Å². The number of benzene rings is 1. The first-order valence-corrected chi connectivity index (χ1v) is 10.5. The Morgan fingerprint density at radius 1 is 1.30 bits per heavy atom. The predicted octanol–water partition coefficient (Wildman–Crippen LogP) is 4.81. The minimum Gasteiger partial charge on any atom is -0.493 e. The molecule has 1 aromatic carbocycles. The van der Waals surface area contributed by atoms with Gasteiger partial charge in [0.25, 0.3) is 0 Å². The van der Waals surface area contributed by atoms with E-state index < -0.39 is 11.9 Å².